The summed E-state index contributed by atoms with van der Waals surface area (Å²) in [6.45, 7) is 10.5. The lowest BCUT2D eigenvalue weighted by Gasteiger charge is -2.53. The Balaban J connectivity index is 1.05. The zero-order valence-corrected chi connectivity index (χ0v) is 27.5. The largest absolute Gasteiger partial charge is 0.444 e. The molecule has 45 heavy (non-hydrogen) atoms. The molecule has 5 heterocycles. The number of halogens is 2. The van der Waals surface area contributed by atoms with Crippen molar-refractivity contribution >= 4 is 40.6 Å². The number of anilines is 1. The molecule has 2 aromatic heterocycles. The molecule has 3 aromatic rings. The molecule has 3 fully saturated rings. The Hall–Kier alpha value is -3.35. The fourth-order valence-corrected chi connectivity index (χ4v) is 7.82. The number of piperidine rings is 2. The Kier molecular flexibility index (Phi) is 8.75. The van der Waals surface area contributed by atoms with Crippen LogP contribution in [0.25, 0.3) is 21.8 Å². The number of nitrogens with zero attached hydrogens (tertiary/aromatic N) is 6. The van der Waals surface area contributed by atoms with Crippen molar-refractivity contribution in [3.05, 3.63) is 46.6 Å². The summed E-state index contributed by atoms with van der Waals surface area (Å²) in [5.41, 5.74) is 6.97. The highest BCUT2D eigenvalue weighted by Gasteiger charge is 2.48. The highest BCUT2D eigenvalue weighted by molar-refractivity contribution is 7.15. The van der Waals surface area contributed by atoms with Crippen molar-refractivity contribution in [2.45, 2.75) is 58.0 Å². The zero-order valence-electron chi connectivity index (χ0n) is 25.9. The van der Waals surface area contributed by atoms with Gasteiger partial charge in [0.1, 0.15) is 5.60 Å². The number of thiazole rings is 1. The fourth-order valence-electron chi connectivity index (χ4n) is 6.45. The van der Waals surface area contributed by atoms with Gasteiger partial charge in [0.05, 0.1) is 33.5 Å². The van der Waals surface area contributed by atoms with Crippen LogP contribution in [-0.2, 0) is 9.53 Å². The van der Waals surface area contributed by atoms with Crippen molar-refractivity contribution in [3.63, 3.8) is 0 Å². The molecule has 240 valence electrons. The van der Waals surface area contributed by atoms with Crippen LogP contribution >= 0.6 is 22.9 Å². The molecule has 13 heteroatoms. The lowest BCUT2D eigenvalue weighted by atomic mass is 9.72. The number of rotatable bonds is 5. The number of nitrogens with two attached hydrogens (primary N) is 1. The minimum absolute atomic E-state index is 0.0554. The summed E-state index contributed by atoms with van der Waals surface area (Å²) in [6.07, 6.45) is 4.82. The standard InChI is InChI=1S/C32H39ClFN7O3S/c1-31(2,3)44-30(43)41-18-32(19-41)10-15-39(16-11-32)17-24(42)40-13-8-20(9-14-40)28-38-26(21-5-4-6-22(35)25(21)34)27(45-28)23-7-12-36-29(33)37-23/h4-7,12,20H,8-11,13-19,35H2,1-3H3. The van der Waals surface area contributed by atoms with E-state index in [1.165, 1.54) is 17.4 Å². The molecule has 2 N–H and O–H groups in total. The molecule has 0 unspecified atom stereocenters. The van der Waals surface area contributed by atoms with Crippen LogP contribution in [0.5, 0.6) is 0 Å². The van der Waals surface area contributed by atoms with Crippen LogP contribution in [0.15, 0.2) is 30.5 Å². The summed E-state index contributed by atoms with van der Waals surface area (Å²) in [5.74, 6) is -0.238. The number of carbonyl (C=O) groups excluding carboxylic acids is 2. The van der Waals surface area contributed by atoms with E-state index in [1.807, 2.05) is 25.7 Å². The number of likely N-dealkylation sites (tertiary alicyclic amines) is 3. The van der Waals surface area contributed by atoms with Gasteiger partial charge in [0.2, 0.25) is 11.2 Å². The molecule has 0 radical (unpaired) electrons. The van der Waals surface area contributed by atoms with Gasteiger partial charge < -0.3 is 20.3 Å². The molecule has 1 aromatic carbocycles. The molecule has 1 spiro atoms. The molecule has 0 atom stereocenters. The molecular formula is C32H39ClFN7O3S. The number of carbonyl (C=O) groups is 2. The van der Waals surface area contributed by atoms with Crippen LogP contribution in [0, 0.1) is 11.2 Å². The minimum atomic E-state index is -0.516. The summed E-state index contributed by atoms with van der Waals surface area (Å²) in [6, 6.07) is 6.64. The van der Waals surface area contributed by atoms with Gasteiger partial charge in [0.25, 0.3) is 0 Å². The predicted octanol–water partition coefficient (Wildman–Crippen LogP) is 5.68. The van der Waals surface area contributed by atoms with Crippen molar-refractivity contribution in [2.75, 3.05) is 51.5 Å². The Bertz CT molecular complexity index is 1570. The van der Waals surface area contributed by atoms with Crippen LogP contribution in [0.4, 0.5) is 14.9 Å². The normalized spacial score (nSPS) is 19.0. The van der Waals surface area contributed by atoms with E-state index in [9.17, 15) is 9.59 Å². The summed E-state index contributed by atoms with van der Waals surface area (Å²) in [4.78, 5) is 45.6. The van der Waals surface area contributed by atoms with Crippen LogP contribution < -0.4 is 5.73 Å². The first-order chi connectivity index (χ1) is 21.4. The first kappa shape index (κ1) is 31.6. The molecule has 2 amide bonds. The maximum Gasteiger partial charge on any atom is 0.410 e. The first-order valence-electron chi connectivity index (χ1n) is 15.4. The number of aromatic nitrogens is 3. The van der Waals surface area contributed by atoms with Crippen LogP contribution in [0.1, 0.15) is 57.4 Å². The molecule has 0 saturated carbocycles. The SMILES string of the molecule is CC(C)(C)OC(=O)N1CC2(CCN(CC(=O)N3CCC(c4nc(-c5cccc(N)c5F)c(-c5ccnc(Cl)n5)s4)CC3)CC2)C1. The molecule has 0 bridgehead atoms. The van der Waals surface area contributed by atoms with E-state index < -0.39 is 11.4 Å². The molecule has 10 nitrogen and oxygen atoms in total. The monoisotopic (exact) mass is 655 g/mol. The van der Waals surface area contributed by atoms with Crippen molar-refractivity contribution in [3.8, 4) is 21.8 Å². The second kappa shape index (κ2) is 12.4. The second-order valence-corrected chi connectivity index (χ2v) is 14.8. The van der Waals surface area contributed by atoms with Gasteiger partial charge in [-0.1, -0.05) is 6.07 Å². The molecule has 3 saturated heterocycles. The Morgan fingerprint density at radius 3 is 2.47 bits per heavy atom. The van der Waals surface area contributed by atoms with E-state index in [-0.39, 0.29) is 34.3 Å². The lowest BCUT2D eigenvalue weighted by molar-refractivity contribution is -0.134. The van der Waals surface area contributed by atoms with Crippen LogP contribution in [-0.4, -0.2) is 93.1 Å². The highest BCUT2D eigenvalue weighted by Crippen LogP contribution is 2.43. The average molecular weight is 656 g/mol. The third-order valence-electron chi connectivity index (χ3n) is 8.96. The topological polar surface area (TPSA) is 118 Å². The van der Waals surface area contributed by atoms with Gasteiger partial charge in [-0.15, -0.1) is 11.3 Å². The van der Waals surface area contributed by atoms with E-state index in [0.29, 0.717) is 41.5 Å². The maximum absolute atomic E-state index is 15.1. The van der Waals surface area contributed by atoms with Gasteiger partial charge in [-0.3, -0.25) is 9.69 Å². The molecule has 3 aliphatic heterocycles. The van der Waals surface area contributed by atoms with Gasteiger partial charge in [0.15, 0.2) is 5.82 Å². The fraction of sp³-hybridized carbons (Fsp3) is 0.531. The Labute approximate surface area is 271 Å². The Morgan fingerprint density at radius 1 is 1.09 bits per heavy atom. The van der Waals surface area contributed by atoms with E-state index in [4.69, 9.17) is 27.1 Å². The van der Waals surface area contributed by atoms with Gasteiger partial charge in [-0.05, 0) is 89.3 Å². The van der Waals surface area contributed by atoms with Gasteiger partial charge in [-0.25, -0.2) is 24.1 Å². The number of nitrogen functional groups attached to an aromatic ring is 1. The van der Waals surface area contributed by atoms with Gasteiger partial charge in [0, 0.05) is 49.3 Å². The number of ether oxygens (including phenoxy) is 1. The third kappa shape index (κ3) is 6.92. The average Bonchev–Trinajstić information content (AvgIpc) is 3.42. The number of hydrogen-bond donors (Lipinski definition) is 1. The van der Waals surface area contributed by atoms with Crippen LogP contribution in [0.2, 0.25) is 5.28 Å². The van der Waals surface area contributed by atoms with Gasteiger partial charge in [-0.2, -0.15) is 0 Å². The Morgan fingerprint density at radius 2 is 1.80 bits per heavy atom. The van der Waals surface area contributed by atoms with Crippen molar-refractivity contribution in [2.24, 2.45) is 5.41 Å². The van der Waals surface area contributed by atoms with E-state index in [1.54, 1.807) is 29.3 Å². The lowest BCUT2D eigenvalue weighted by Crippen LogP contribution is -2.62. The summed E-state index contributed by atoms with van der Waals surface area (Å²) in [5, 5.41) is 0.985. The van der Waals surface area contributed by atoms with Crippen LogP contribution in [0.3, 0.4) is 0 Å². The zero-order chi connectivity index (χ0) is 31.9. The van der Waals surface area contributed by atoms with Crippen molar-refractivity contribution in [1.29, 1.82) is 0 Å². The molecule has 3 aliphatic rings. The maximum atomic E-state index is 15.1. The number of benzene rings is 1. The van der Waals surface area contributed by atoms with E-state index in [2.05, 4.69) is 14.9 Å². The third-order valence-corrected chi connectivity index (χ3v) is 10.4. The van der Waals surface area contributed by atoms with E-state index in [0.717, 1.165) is 56.9 Å². The van der Waals surface area contributed by atoms with Crippen molar-refractivity contribution < 1.29 is 18.7 Å². The highest BCUT2D eigenvalue weighted by atomic mass is 35.5. The smallest absolute Gasteiger partial charge is 0.410 e. The number of amides is 2. The predicted molar refractivity (Wildman–Crippen MR) is 172 cm³/mol. The minimum Gasteiger partial charge on any atom is -0.444 e. The molecular weight excluding hydrogens is 617 g/mol. The number of hydrogen-bond acceptors (Lipinski definition) is 9. The van der Waals surface area contributed by atoms with E-state index >= 15 is 4.39 Å². The first-order valence-corrected chi connectivity index (χ1v) is 16.6. The summed E-state index contributed by atoms with van der Waals surface area (Å²) in [7, 11) is 0. The van der Waals surface area contributed by atoms with Gasteiger partial charge >= 0.3 is 6.09 Å². The summed E-state index contributed by atoms with van der Waals surface area (Å²) >= 11 is 7.56. The quantitative estimate of drug-likeness (QED) is 0.276. The summed E-state index contributed by atoms with van der Waals surface area (Å²) < 4.78 is 20.6. The molecule has 6 rings (SSSR count). The van der Waals surface area contributed by atoms with Crippen molar-refractivity contribution in [1.82, 2.24) is 29.7 Å². The second-order valence-electron chi connectivity index (χ2n) is 13.4. The molecule has 0 aliphatic carbocycles.